The number of nitrogens with one attached hydrogen (secondary N) is 2. The summed E-state index contributed by atoms with van der Waals surface area (Å²) in [5, 5.41) is 6.39. The fourth-order valence-corrected chi connectivity index (χ4v) is 2.67. The molecule has 3 nitrogen and oxygen atoms in total. The van der Waals surface area contributed by atoms with Crippen molar-refractivity contribution in [2.75, 3.05) is 13.1 Å². The molecule has 0 radical (unpaired) electrons. The van der Waals surface area contributed by atoms with Crippen LogP contribution in [0.25, 0.3) is 0 Å². The Morgan fingerprint density at radius 3 is 3.11 bits per heavy atom. The Morgan fingerprint density at radius 1 is 1.50 bits per heavy atom. The maximum absolute atomic E-state index is 11.8. The van der Waals surface area contributed by atoms with Gasteiger partial charge in [0.05, 0.1) is 0 Å². The van der Waals surface area contributed by atoms with Crippen molar-refractivity contribution < 1.29 is 4.79 Å². The van der Waals surface area contributed by atoms with Gasteiger partial charge in [-0.3, -0.25) is 4.79 Å². The molecule has 18 heavy (non-hydrogen) atoms. The molecule has 2 N–H and O–H groups in total. The molecule has 1 amide bonds. The molecule has 0 bridgehead atoms. The van der Waals surface area contributed by atoms with E-state index in [0.29, 0.717) is 12.5 Å². The van der Waals surface area contributed by atoms with E-state index in [1.807, 2.05) is 12.1 Å². The zero-order valence-electron chi connectivity index (χ0n) is 10.4. The van der Waals surface area contributed by atoms with Crippen LogP contribution < -0.4 is 10.6 Å². The maximum Gasteiger partial charge on any atom is 0.220 e. The first kappa shape index (κ1) is 13.6. The SMILES string of the molecule is O=C(CCc1cccc(Br)c1)NC1CCCNC1. The summed E-state index contributed by atoms with van der Waals surface area (Å²) in [6, 6.07) is 8.43. The summed E-state index contributed by atoms with van der Waals surface area (Å²) in [4.78, 5) is 11.8. The van der Waals surface area contributed by atoms with Crippen molar-refractivity contribution in [3.8, 4) is 0 Å². The molecule has 1 fully saturated rings. The summed E-state index contributed by atoms with van der Waals surface area (Å²) >= 11 is 3.44. The van der Waals surface area contributed by atoms with E-state index in [0.717, 1.165) is 36.8 Å². The minimum Gasteiger partial charge on any atom is -0.352 e. The highest BCUT2D eigenvalue weighted by atomic mass is 79.9. The lowest BCUT2D eigenvalue weighted by atomic mass is 10.1. The lowest BCUT2D eigenvalue weighted by Crippen LogP contribution is -2.45. The molecule has 1 aromatic rings. The molecule has 1 aromatic carbocycles. The van der Waals surface area contributed by atoms with Gasteiger partial charge in [0.25, 0.3) is 0 Å². The smallest absolute Gasteiger partial charge is 0.220 e. The fourth-order valence-electron chi connectivity index (χ4n) is 2.23. The van der Waals surface area contributed by atoms with Gasteiger partial charge >= 0.3 is 0 Å². The summed E-state index contributed by atoms with van der Waals surface area (Å²) in [7, 11) is 0. The third-order valence-corrected chi connectivity index (χ3v) is 3.69. The Labute approximate surface area is 116 Å². The average Bonchev–Trinajstić information content (AvgIpc) is 2.38. The second-order valence-corrected chi connectivity index (χ2v) is 5.66. The summed E-state index contributed by atoms with van der Waals surface area (Å²) in [5.41, 5.74) is 1.20. The molecule has 1 saturated heterocycles. The Balaban J connectivity index is 1.74. The van der Waals surface area contributed by atoms with Crippen LogP contribution in [0.15, 0.2) is 28.7 Å². The highest BCUT2D eigenvalue weighted by Gasteiger charge is 2.14. The lowest BCUT2D eigenvalue weighted by Gasteiger charge is -2.23. The van der Waals surface area contributed by atoms with Crippen molar-refractivity contribution in [2.45, 2.75) is 31.7 Å². The van der Waals surface area contributed by atoms with E-state index in [1.165, 1.54) is 5.56 Å². The number of hydrogen-bond acceptors (Lipinski definition) is 2. The molecule has 0 spiro atoms. The zero-order chi connectivity index (χ0) is 12.8. The second kappa shape index (κ2) is 6.90. The van der Waals surface area contributed by atoms with Crippen molar-refractivity contribution in [3.63, 3.8) is 0 Å². The van der Waals surface area contributed by atoms with Crippen LogP contribution in [0.3, 0.4) is 0 Å². The molecule has 1 unspecified atom stereocenters. The number of halogens is 1. The van der Waals surface area contributed by atoms with Gasteiger partial charge in [0.15, 0.2) is 0 Å². The summed E-state index contributed by atoms with van der Waals surface area (Å²) in [6.45, 7) is 1.98. The van der Waals surface area contributed by atoms with Crippen LogP contribution in [0.4, 0.5) is 0 Å². The van der Waals surface area contributed by atoms with E-state index in [-0.39, 0.29) is 5.91 Å². The van der Waals surface area contributed by atoms with Crippen LogP contribution in [0.5, 0.6) is 0 Å². The first-order valence-electron chi connectivity index (χ1n) is 6.48. The van der Waals surface area contributed by atoms with Crippen molar-refractivity contribution in [1.82, 2.24) is 10.6 Å². The van der Waals surface area contributed by atoms with E-state index >= 15 is 0 Å². The standard InChI is InChI=1S/C14H19BrN2O/c15-12-4-1-3-11(9-12)6-7-14(18)17-13-5-2-8-16-10-13/h1,3-4,9,13,16H,2,5-8,10H2,(H,17,18). The summed E-state index contributed by atoms with van der Waals surface area (Å²) in [5.74, 6) is 0.156. The van der Waals surface area contributed by atoms with Gasteiger partial charge in [-0.25, -0.2) is 0 Å². The van der Waals surface area contributed by atoms with Gasteiger partial charge in [-0.15, -0.1) is 0 Å². The highest BCUT2D eigenvalue weighted by Crippen LogP contribution is 2.13. The molecule has 0 aliphatic carbocycles. The normalized spacial score (nSPS) is 19.5. The first-order valence-corrected chi connectivity index (χ1v) is 7.28. The van der Waals surface area contributed by atoms with E-state index < -0.39 is 0 Å². The topological polar surface area (TPSA) is 41.1 Å². The lowest BCUT2D eigenvalue weighted by molar-refractivity contribution is -0.121. The fraction of sp³-hybridized carbons (Fsp3) is 0.500. The number of carbonyl (C=O) groups excluding carboxylic acids is 1. The minimum atomic E-state index is 0.156. The molecular formula is C14H19BrN2O. The van der Waals surface area contributed by atoms with Gasteiger partial charge in [-0.2, -0.15) is 0 Å². The Morgan fingerprint density at radius 2 is 2.39 bits per heavy atom. The molecule has 0 saturated carbocycles. The number of benzene rings is 1. The van der Waals surface area contributed by atoms with Gasteiger partial charge in [0.2, 0.25) is 5.91 Å². The molecule has 1 aliphatic rings. The Kier molecular flexibility index (Phi) is 5.20. The number of aryl methyl sites for hydroxylation is 1. The van der Waals surface area contributed by atoms with Crippen molar-refractivity contribution in [2.24, 2.45) is 0 Å². The van der Waals surface area contributed by atoms with Gasteiger partial charge < -0.3 is 10.6 Å². The van der Waals surface area contributed by atoms with Gasteiger partial charge in [0.1, 0.15) is 0 Å². The van der Waals surface area contributed by atoms with E-state index in [1.54, 1.807) is 0 Å². The van der Waals surface area contributed by atoms with Crippen LogP contribution in [0.1, 0.15) is 24.8 Å². The average molecular weight is 311 g/mol. The van der Waals surface area contributed by atoms with Crippen molar-refractivity contribution >= 4 is 21.8 Å². The van der Waals surface area contributed by atoms with Gasteiger partial charge in [-0.05, 0) is 43.5 Å². The molecular weight excluding hydrogens is 292 g/mol. The molecule has 1 heterocycles. The van der Waals surface area contributed by atoms with Crippen LogP contribution in [-0.2, 0) is 11.2 Å². The molecule has 1 aliphatic heterocycles. The van der Waals surface area contributed by atoms with Gasteiger partial charge in [0, 0.05) is 23.5 Å². The summed E-state index contributed by atoms with van der Waals surface area (Å²) in [6.07, 6.45) is 3.60. The van der Waals surface area contributed by atoms with Crippen LogP contribution in [0, 0.1) is 0 Å². The van der Waals surface area contributed by atoms with E-state index in [2.05, 4.69) is 38.7 Å². The largest absolute Gasteiger partial charge is 0.352 e. The molecule has 1 atom stereocenters. The highest BCUT2D eigenvalue weighted by molar-refractivity contribution is 9.10. The number of carbonyl (C=O) groups is 1. The van der Waals surface area contributed by atoms with Gasteiger partial charge in [-0.1, -0.05) is 28.1 Å². The zero-order valence-corrected chi connectivity index (χ0v) is 12.0. The number of rotatable bonds is 4. The Bertz CT molecular complexity index is 403. The number of piperidine rings is 1. The maximum atomic E-state index is 11.8. The van der Waals surface area contributed by atoms with Crippen molar-refractivity contribution in [1.29, 1.82) is 0 Å². The number of hydrogen-bond donors (Lipinski definition) is 2. The van der Waals surface area contributed by atoms with Crippen LogP contribution in [-0.4, -0.2) is 25.0 Å². The molecule has 4 heteroatoms. The van der Waals surface area contributed by atoms with E-state index in [4.69, 9.17) is 0 Å². The number of amides is 1. The molecule has 2 rings (SSSR count). The molecule has 0 aromatic heterocycles. The Hall–Kier alpha value is -0.870. The summed E-state index contributed by atoms with van der Waals surface area (Å²) < 4.78 is 1.07. The monoisotopic (exact) mass is 310 g/mol. The van der Waals surface area contributed by atoms with Crippen molar-refractivity contribution in [3.05, 3.63) is 34.3 Å². The third-order valence-electron chi connectivity index (χ3n) is 3.19. The quantitative estimate of drug-likeness (QED) is 0.895. The van der Waals surface area contributed by atoms with Crippen LogP contribution in [0.2, 0.25) is 0 Å². The first-order chi connectivity index (χ1) is 8.74. The molecule has 98 valence electrons. The predicted molar refractivity (Wildman–Crippen MR) is 76.5 cm³/mol. The minimum absolute atomic E-state index is 0.156. The van der Waals surface area contributed by atoms with Crippen LogP contribution >= 0.6 is 15.9 Å². The van der Waals surface area contributed by atoms with E-state index in [9.17, 15) is 4.79 Å². The third kappa shape index (κ3) is 4.42. The predicted octanol–water partition coefficient (Wildman–Crippen LogP) is 2.25. The second-order valence-electron chi connectivity index (χ2n) is 4.74.